The fraction of sp³-hybridized carbons (Fsp3) is 0.178. The summed E-state index contributed by atoms with van der Waals surface area (Å²) in [7, 11) is 0. The molecule has 1 radical (unpaired) electrons. The van der Waals surface area contributed by atoms with Gasteiger partial charge >= 0.3 is 0 Å². The van der Waals surface area contributed by atoms with Gasteiger partial charge in [-0.25, -0.2) is 4.98 Å². The van der Waals surface area contributed by atoms with Crippen LogP contribution in [-0.2, 0) is 25.5 Å². The standard InChI is InChI=1S/C31H25N2O.C14H14N.Ir/c1-19-8-13-26-25-6-5-7-27(29(25)34-30(26)33-19)28-18-23(14-15-32-28)20-9-10-22-17-24(31(2,3)4)12-11-21(22)16-20;1-10-4-6-13(7-5-10)14-8-11(2)12(3)9-15-14;/h5-6,8-18H,1-4H3;4-6,8-9H,1-3H3;/q2*-1;. The van der Waals surface area contributed by atoms with E-state index in [-0.39, 0.29) is 25.5 Å². The Morgan fingerprint density at radius 3 is 2.20 bits per heavy atom. The summed E-state index contributed by atoms with van der Waals surface area (Å²) in [4.78, 5) is 13.6. The molecule has 5 heteroatoms. The minimum Gasteiger partial charge on any atom is -0.486 e. The van der Waals surface area contributed by atoms with Gasteiger partial charge in [0, 0.05) is 43.6 Å². The second kappa shape index (κ2) is 14.1. The summed E-state index contributed by atoms with van der Waals surface area (Å²) in [6, 6.07) is 40.4. The maximum Gasteiger partial charge on any atom is 0.216 e. The Morgan fingerprint density at radius 2 is 1.44 bits per heavy atom. The third-order valence-corrected chi connectivity index (χ3v) is 9.11. The van der Waals surface area contributed by atoms with Crippen LogP contribution in [0.5, 0.6) is 0 Å². The maximum atomic E-state index is 6.18. The van der Waals surface area contributed by atoms with Gasteiger partial charge in [-0.2, -0.15) is 0 Å². The van der Waals surface area contributed by atoms with Crippen molar-refractivity contribution >= 4 is 32.8 Å². The zero-order valence-electron chi connectivity index (χ0n) is 29.5. The van der Waals surface area contributed by atoms with Crippen molar-refractivity contribution in [2.45, 2.75) is 53.9 Å². The average molecular weight is 830 g/mol. The molecule has 0 spiro atoms. The van der Waals surface area contributed by atoms with Gasteiger partial charge in [-0.15, -0.1) is 53.6 Å². The van der Waals surface area contributed by atoms with E-state index in [4.69, 9.17) is 4.42 Å². The number of furan rings is 1. The first kappa shape index (κ1) is 34.9. The zero-order chi connectivity index (χ0) is 34.3. The molecule has 251 valence electrons. The van der Waals surface area contributed by atoms with Crippen LogP contribution in [0.25, 0.3) is 66.5 Å². The Balaban J connectivity index is 0.000000227. The van der Waals surface area contributed by atoms with Crippen molar-refractivity contribution in [3.8, 4) is 33.6 Å². The molecule has 0 aliphatic rings. The number of pyridine rings is 3. The molecule has 4 heterocycles. The fourth-order valence-electron chi connectivity index (χ4n) is 5.98. The van der Waals surface area contributed by atoms with Crippen LogP contribution in [0, 0.1) is 39.8 Å². The third kappa shape index (κ3) is 7.16. The number of hydrogen-bond acceptors (Lipinski definition) is 4. The van der Waals surface area contributed by atoms with Gasteiger partial charge in [-0.05, 0) is 94.9 Å². The molecule has 8 rings (SSSR count). The monoisotopic (exact) mass is 830 g/mol. The minimum atomic E-state index is 0. The summed E-state index contributed by atoms with van der Waals surface area (Å²) < 4.78 is 6.18. The maximum absolute atomic E-state index is 6.18. The molecule has 0 aliphatic carbocycles. The minimum absolute atomic E-state index is 0. The molecule has 0 N–H and O–H groups in total. The van der Waals surface area contributed by atoms with Crippen LogP contribution in [0.2, 0.25) is 0 Å². The molecule has 0 saturated heterocycles. The van der Waals surface area contributed by atoms with Crippen LogP contribution >= 0.6 is 0 Å². The van der Waals surface area contributed by atoms with Crippen LogP contribution in [0.15, 0.2) is 114 Å². The fourth-order valence-corrected chi connectivity index (χ4v) is 5.98. The number of rotatable bonds is 3. The van der Waals surface area contributed by atoms with E-state index in [2.05, 4.69) is 141 Å². The predicted molar refractivity (Wildman–Crippen MR) is 203 cm³/mol. The molecular weight excluding hydrogens is 791 g/mol. The third-order valence-electron chi connectivity index (χ3n) is 9.11. The molecule has 0 aliphatic heterocycles. The van der Waals surface area contributed by atoms with Gasteiger partial charge in [-0.3, -0.25) is 0 Å². The van der Waals surface area contributed by atoms with E-state index in [1.807, 2.05) is 43.6 Å². The number of benzene rings is 4. The summed E-state index contributed by atoms with van der Waals surface area (Å²) in [5.41, 5.74) is 13.6. The van der Waals surface area contributed by atoms with Gasteiger partial charge in [0.2, 0.25) is 5.71 Å². The predicted octanol–water partition coefficient (Wildman–Crippen LogP) is 11.7. The van der Waals surface area contributed by atoms with Crippen LogP contribution in [0.4, 0.5) is 0 Å². The van der Waals surface area contributed by atoms with Crippen LogP contribution in [-0.4, -0.2) is 15.0 Å². The molecule has 0 unspecified atom stereocenters. The summed E-state index contributed by atoms with van der Waals surface area (Å²) in [6.07, 6.45) is 3.77. The Labute approximate surface area is 308 Å². The average Bonchev–Trinajstić information content (AvgIpc) is 3.47. The van der Waals surface area contributed by atoms with Crippen LogP contribution < -0.4 is 0 Å². The van der Waals surface area contributed by atoms with Crippen molar-refractivity contribution in [2.24, 2.45) is 0 Å². The van der Waals surface area contributed by atoms with E-state index in [1.54, 1.807) is 0 Å². The number of fused-ring (bicyclic) bond motifs is 4. The normalized spacial score (nSPS) is 11.3. The Hall–Kier alpha value is -4.96. The molecule has 4 aromatic heterocycles. The van der Waals surface area contributed by atoms with E-state index in [0.29, 0.717) is 5.71 Å². The van der Waals surface area contributed by atoms with Gasteiger partial charge in [0.1, 0.15) is 0 Å². The molecule has 0 amide bonds. The number of nitrogens with zero attached hydrogens (tertiary/aromatic N) is 3. The Morgan fingerprint density at radius 1 is 0.660 bits per heavy atom. The van der Waals surface area contributed by atoms with E-state index in [9.17, 15) is 0 Å². The molecule has 0 bridgehead atoms. The first-order valence-corrected chi connectivity index (χ1v) is 16.7. The van der Waals surface area contributed by atoms with Crippen LogP contribution in [0.3, 0.4) is 0 Å². The van der Waals surface area contributed by atoms with Gasteiger partial charge in [0.05, 0.1) is 5.58 Å². The van der Waals surface area contributed by atoms with Crippen molar-refractivity contribution in [3.05, 3.63) is 150 Å². The van der Waals surface area contributed by atoms with Crippen LogP contribution in [0.1, 0.15) is 48.7 Å². The van der Waals surface area contributed by atoms with Gasteiger partial charge in [-0.1, -0.05) is 86.7 Å². The summed E-state index contributed by atoms with van der Waals surface area (Å²) >= 11 is 0. The van der Waals surface area contributed by atoms with E-state index in [1.165, 1.54) is 33.0 Å². The first-order valence-electron chi connectivity index (χ1n) is 16.7. The number of aromatic nitrogens is 3. The molecule has 0 fully saturated rings. The summed E-state index contributed by atoms with van der Waals surface area (Å²) in [5.74, 6) is 0. The first-order chi connectivity index (χ1) is 23.5. The van der Waals surface area contributed by atoms with Crippen molar-refractivity contribution in [3.63, 3.8) is 0 Å². The summed E-state index contributed by atoms with van der Waals surface area (Å²) in [5, 5.41) is 4.53. The van der Waals surface area contributed by atoms with Gasteiger partial charge in [0.15, 0.2) is 0 Å². The quantitative estimate of drug-likeness (QED) is 0.166. The summed E-state index contributed by atoms with van der Waals surface area (Å²) in [6.45, 7) is 15.0. The number of aryl methyl sites for hydroxylation is 4. The smallest absolute Gasteiger partial charge is 0.216 e. The molecule has 4 aromatic carbocycles. The van der Waals surface area contributed by atoms with Crippen molar-refractivity contribution in [2.75, 3.05) is 0 Å². The van der Waals surface area contributed by atoms with E-state index < -0.39 is 0 Å². The molecule has 4 nitrogen and oxygen atoms in total. The topological polar surface area (TPSA) is 51.8 Å². The second-order valence-electron chi connectivity index (χ2n) is 13.9. The molecule has 50 heavy (non-hydrogen) atoms. The SMILES string of the molecule is Cc1c[c-]c(-c2cc(C)c(C)cn2)cc1.Cc1ccc2c(n1)oc1c(-c3cc(-c4ccc5cc(C(C)(C)C)ccc5c4)ccn3)[c-]ccc12.[Ir]. The zero-order valence-corrected chi connectivity index (χ0v) is 31.9. The second-order valence-corrected chi connectivity index (χ2v) is 13.9. The molecule has 8 aromatic rings. The van der Waals surface area contributed by atoms with Crippen molar-refractivity contribution in [1.29, 1.82) is 0 Å². The largest absolute Gasteiger partial charge is 0.486 e. The van der Waals surface area contributed by atoms with E-state index >= 15 is 0 Å². The number of hydrogen-bond donors (Lipinski definition) is 0. The van der Waals surface area contributed by atoms with Gasteiger partial charge < -0.3 is 14.4 Å². The Kier molecular flexibility index (Phi) is 9.84. The molecular formula is C45H39IrN3O-2. The van der Waals surface area contributed by atoms with Gasteiger partial charge in [0.25, 0.3) is 0 Å². The van der Waals surface area contributed by atoms with Crippen molar-refractivity contribution < 1.29 is 24.5 Å². The van der Waals surface area contributed by atoms with E-state index in [0.717, 1.165) is 55.7 Å². The molecule has 0 saturated carbocycles. The molecule has 0 atom stereocenters. The van der Waals surface area contributed by atoms with Crippen molar-refractivity contribution in [1.82, 2.24) is 15.0 Å². The Bertz CT molecular complexity index is 2470.